The molecule has 3 atom stereocenters. The van der Waals surface area contributed by atoms with Crippen molar-refractivity contribution in [1.29, 1.82) is 0 Å². The van der Waals surface area contributed by atoms with Gasteiger partial charge in [-0.1, -0.05) is 26.2 Å². The Morgan fingerprint density at radius 3 is 2.65 bits per heavy atom. The van der Waals surface area contributed by atoms with Gasteiger partial charge in [0.1, 0.15) is 0 Å². The molecule has 1 heterocycles. The summed E-state index contributed by atoms with van der Waals surface area (Å²) >= 11 is 0. The van der Waals surface area contributed by atoms with Crippen LogP contribution in [0.25, 0.3) is 0 Å². The highest BCUT2D eigenvalue weighted by atomic mass is 15.2. The summed E-state index contributed by atoms with van der Waals surface area (Å²) in [5, 5.41) is 0. The van der Waals surface area contributed by atoms with E-state index in [1.807, 2.05) is 0 Å². The molecule has 2 nitrogen and oxygen atoms in total. The van der Waals surface area contributed by atoms with Crippen LogP contribution in [0.1, 0.15) is 65.2 Å². The van der Waals surface area contributed by atoms with Crippen LogP contribution in [0.5, 0.6) is 0 Å². The molecule has 2 aliphatic rings. The van der Waals surface area contributed by atoms with Crippen LogP contribution in [0, 0.1) is 5.92 Å². The topological polar surface area (TPSA) is 29.3 Å². The summed E-state index contributed by atoms with van der Waals surface area (Å²) in [5.41, 5.74) is 6.46. The van der Waals surface area contributed by atoms with Gasteiger partial charge in [0.15, 0.2) is 0 Å². The zero-order valence-electron chi connectivity index (χ0n) is 11.8. The maximum atomic E-state index is 6.44. The zero-order valence-corrected chi connectivity index (χ0v) is 11.8. The Morgan fingerprint density at radius 1 is 1.18 bits per heavy atom. The van der Waals surface area contributed by atoms with Crippen molar-refractivity contribution in [2.45, 2.75) is 76.8 Å². The number of hydrogen-bond donors (Lipinski definition) is 1. The first-order valence-corrected chi connectivity index (χ1v) is 7.65. The lowest BCUT2D eigenvalue weighted by Gasteiger charge is -2.46. The third-order valence-corrected chi connectivity index (χ3v) is 4.74. The molecule has 0 aromatic carbocycles. The van der Waals surface area contributed by atoms with Crippen molar-refractivity contribution in [3.8, 4) is 0 Å². The van der Waals surface area contributed by atoms with Gasteiger partial charge < -0.3 is 5.73 Å². The van der Waals surface area contributed by atoms with Gasteiger partial charge >= 0.3 is 0 Å². The van der Waals surface area contributed by atoms with E-state index in [4.69, 9.17) is 5.73 Å². The van der Waals surface area contributed by atoms with Gasteiger partial charge in [0.05, 0.1) is 0 Å². The Kier molecular flexibility index (Phi) is 4.48. The first kappa shape index (κ1) is 13.4. The fourth-order valence-electron chi connectivity index (χ4n) is 4.04. The second kappa shape index (κ2) is 5.71. The third kappa shape index (κ3) is 3.45. The quantitative estimate of drug-likeness (QED) is 0.815. The van der Waals surface area contributed by atoms with E-state index in [1.54, 1.807) is 0 Å². The maximum Gasteiger partial charge on any atom is 0.0254 e. The van der Waals surface area contributed by atoms with Gasteiger partial charge in [-0.25, -0.2) is 0 Å². The Labute approximate surface area is 107 Å². The number of hydrogen-bond acceptors (Lipinski definition) is 2. The summed E-state index contributed by atoms with van der Waals surface area (Å²) in [7, 11) is 0. The normalized spacial score (nSPS) is 34.1. The highest BCUT2D eigenvalue weighted by molar-refractivity contribution is 4.92. The van der Waals surface area contributed by atoms with Gasteiger partial charge in [-0.2, -0.15) is 0 Å². The molecule has 17 heavy (non-hydrogen) atoms. The number of nitrogens with zero attached hydrogens (tertiary/aromatic N) is 1. The predicted octanol–water partition coefficient (Wildman–Crippen LogP) is 3.16. The molecular weight excluding hydrogens is 208 g/mol. The number of nitrogens with two attached hydrogens (primary N) is 1. The highest BCUT2D eigenvalue weighted by Crippen LogP contribution is 2.35. The second-order valence-corrected chi connectivity index (χ2v) is 6.63. The Balaban J connectivity index is 1.94. The minimum atomic E-state index is 0.0219. The summed E-state index contributed by atoms with van der Waals surface area (Å²) in [6, 6.07) is 0.859. The van der Waals surface area contributed by atoms with Crippen molar-refractivity contribution in [3.05, 3.63) is 0 Å². The van der Waals surface area contributed by atoms with E-state index in [0.29, 0.717) is 0 Å². The SMILES string of the molecule is CCCC(C)(N)CN1CCCC2CCCCC21. The van der Waals surface area contributed by atoms with Gasteiger partial charge in [-0.3, -0.25) is 4.90 Å². The van der Waals surface area contributed by atoms with Crippen LogP contribution in [0.15, 0.2) is 0 Å². The second-order valence-electron chi connectivity index (χ2n) is 6.63. The van der Waals surface area contributed by atoms with E-state index >= 15 is 0 Å². The third-order valence-electron chi connectivity index (χ3n) is 4.74. The molecule has 1 saturated heterocycles. The average Bonchev–Trinajstić information content (AvgIpc) is 2.29. The Morgan fingerprint density at radius 2 is 1.88 bits per heavy atom. The van der Waals surface area contributed by atoms with Crippen LogP contribution in [0.2, 0.25) is 0 Å². The van der Waals surface area contributed by atoms with E-state index in [0.717, 1.165) is 24.9 Å². The van der Waals surface area contributed by atoms with E-state index < -0.39 is 0 Å². The van der Waals surface area contributed by atoms with Crippen LogP contribution in [-0.2, 0) is 0 Å². The molecule has 2 N–H and O–H groups in total. The molecule has 0 spiro atoms. The predicted molar refractivity (Wildman–Crippen MR) is 74.1 cm³/mol. The molecule has 1 aliphatic heterocycles. The molecule has 0 aromatic heterocycles. The van der Waals surface area contributed by atoms with E-state index in [1.165, 1.54) is 51.5 Å². The van der Waals surface area contributed by atoms with Crippen LogP contribution in [0.3, 0.4) is 0 Å². The fourth-order valence-corrected chi connectivity index (χ4v) is 4.04. The van der Waals surface area contributed by atoms with Gasteiger partial charge in [-0.15, -0.1) is 0 Å². The highest BCUT2D eigenvalue weighted by Gasteiger charge is 2.35. The minimum absolute atomic E-state index is 0.0219. The van der Waals surface area contributed by atoms with Crippen molar-refractivity contribution in [2.24, 2.45) is 11.7 Å². The Bertz CT molecular complexity index is 235. The smallest absolute Gasteiger partial charge is 0.0254 e. The molecule has 0 bridgehead atoms. The lowest BCUT2D eigenvalue weighted by molar-refractivity contribution is 0.0434. The first-order chi connectivity index (χ1) is 8.12. The molecule has 0 aromatic rings. The van der Waals surface area contributed by atoms with Crippen molar-refractivity contribution in [3.63, 3.8) is 0 Å². The first-order valence-electron chi connectivity index (χ1n) is 7.65. The zero-order chi connectivity index (χ0) is 12.3. The van der Waals surface area contributed by atoms with Gasteiger partial charge in [-0.05, 0) is 51.5 Å². The molecule has 2 rings (SSSR count). The molecule has 0 radical (unpaired) electrons. The molecule has 3 unspecified atom stereocenters. The van der Waals surface area contributed by atoms with Crippen molar-refractivity contribution in [1.82, 2.24) is 4.90 Å². The van der Waals surface area contributed by atoms with Crippen molar-refractivity contribution in [2.75, 3.05) is 13.1 Å². The van der Waals surface area contributed by atoms with Gasteiger partial charge in [0.2, 0.25) is 0 Å². The molecular formula is C15H30N2. The lowest BCUT2D eigenvalue weighted by atomic mass is 9.77. The summed E-state index contributed by atoms with van der Waals surface area (Å²) in [6.45, 7) is 6.88. The summed E-state index contributed by atoms with van der Waals surface area (Å²) in [4.78, 5) is 2.73. The number of rotatable bonds is 4. The fraction of sp³-hybridized carbons (Fsp3) is 1.00. The molecule has 2 heteroatoms. The van der Waals surface area contributed by atoms with Crippen LogP contribution in [-0.4, -0.2) is 29.6 Å². The Hall–Kier alpha value is -0.0800. The van der Waals surface area contributed by atoms with Gasteiger partial charge in [0, 0.05) is 18.1 Å². The molecule has 100 valence electrons. The van der Waals surface area contributed by atoms with Crippen LogP contribution < -0.4 is 5.73 Å². The monoisotopic (exact) mass is 238 g/mol. The van der Waals surface area contributed by atoms with E-state index in [-0.39, 0.29) is 5.54 Å². The number of fused-ring (bicyclic) bond motifs is 1. The number of piperidine rings is 1. The average molecular weight is 238 g/mol. The summed E-state index contributed by atoms with van der Waals surface area (Å²) in [5.74, 6) is 0.981. The lowest BCUT2D eigenvalue weighted by Crippen LogP contribution is -2.55. The maximum absolute atomic E-state index is 6.44. The van der Waals surface area contributed by atoms with E-state index in [2.05, 4.69) is 18.7 Å². The molecule has 1 aliphatic carbocycles. The molecule has 0 amide bonds. The molecule has 2 fully saturated rings. The van der Waals surface area contributed by atoms with Crippen LogP contribution in [0.4, 0.5) is 0 Å². The van der Waals surface area contributed by atoms with Gasteiger partial charge in [0.25, 0.3) is 0 Å². The van der Waals surface area contributed by atoms with Crippen molar-refractivity contribution >= 4 is 0 Å². The molecule has 1 saturated carbocycles. The minimum Gasteiger partial charge on any atom is -0.324 e. The number of likely N-dealkylation sites (tertiary alicyclic amines) is 1. The van der Waals surface area contributed by atoms with Crippen molar-refractivity contribution < 1.29 is 0 Å². The standard InChI is InChI=1S/C15H30N2/c1-3-10-15(2,16)12-17-11-6-8-13-7-4-5-9-14(13)17/h13-14H,3-12,16H2,1-2H3. The largest absolute Gasteiger partial charge is 0.324 e. The summed E-state index contributed by atoms with van der Waals surface area (Å²) in [6.07, 6.45) is 11.0. The van der Waals surface area contributed by atoms with Crippen LogP contribution >= 0.6 is 0 Å². The van der Waals surface area contributed by atoms with E-state index in [9.17, 15) is 0 Å². The summed E-state index contributed by atoms with van der Waals surface area (Å²) < 4.78 is 0.